The molecular formula is C14H13ClN2O2. The summed E-state index contributed by atoms with van der Waals surface area (Å²) in [6, 6.07) is 11.8. The van der Waals surface area contributed by atoms with Gasteiger partial charge in [-0.25, -0.2) is 0 Å². The molecular weight excluding hydrogens is 264 g/mol. The largest absolute Gasteiger partial charge is 0.495 e. The SMILES string of the molecule is COc1cc(NC(=O)c2cccc(N)c2)ccc1Cl. The van der Waals surface area contributed by atoms with Crippen LogP contribution in [-0.4, -0.2) is 13.0 Å². The third-order valence-electron chi connectivity index (χ3n) is 2.56. The number of halogens is 1. The van der Waals surface area contributed by atoms with Gasteiger partial charge in [-0.15, -0.1) is 0 Å². The Kier molecular flexibility index (Phi) is 3.92. The van der Waals surface area contributed by atoms with Crippen molar-refractivity contribution in [1.29, 1.82) is 0 Å². The van der Waals surface area contributed by atoms with E-state index in [9.17, 15) is 4.79 Å². The Morgan fingerprint density at radius 3 is 2.74 bits per heavy atom. The van der Waals surface area contributed by atoms with Gasteiger partial charge in [-0.3, -0.25) is 4.79 Å². The van der Waals surface area contributed by atoms with Crippen LogP contribution >= 0.6 is 11.6 Å². The van der Waals surface area contributed by atoms with Gasteiger partial charge in [0.05, 0.1) is 12.1 Å². The van der Waals surface area contributed by atoms with E-state index in [0.717, 1.165) is 0 Å². The average Bonchev–Trinajstić information content (AvgIpc) is 2.41. The molecule has 0 spiro atoms. The molecule has 98 valence electrons. The van der Waals surface area contributed by atoms with Gasteiger partial charge in [0, 0.05) is 23.0 Å². The maximum absolute atomic E-state index is 12.0. The molecule has 2 aromatic carbocycles. The van der Waals surface area contributed by atoms with Crippen LogP contribution in [0.15, 0.2) is 42.5 Å². The molecule has 0 saturated carbocycles. The van der Waals surface area contributed by atoms with Crippen LogP contribution in [0.5, 0.6) is 5.75 Å². The summed E-state index contributed by atoms with van der Waals surface area (Å²) in [7, 11) is 1.52. The van der Waals surface area contributed by atoms with Crippen LogP contribution < -0.4 is 15.8 Å². The van der Waals surface area contributed by atoms with Crippen molar-refractivity contribution in [3.05, 3.63) is 53.1 Å². The van der Waals surface area contributed by atoms with E-state index in [2.05, 4.69) is 5.32 Å². The Hall–Kier alpha value is -2.20. The quantitative estimate of drug-likeness (QED) is 0.846. The predicted octanol–water partition coefficient (Wildman–Crippen LogP) is 3.18. The standard InChI is InChI=1S/C14H13ClN2O2/c1-19-13-8-11(5-6-12(13)15)17-14(18)9-3-2-4-10(16)7-9/h2-8H,16H2,1H3,(H,17,18). The number of nitrogens with two attached hydrogens (primary N) is 1. The molecule has 0 atom stereocenters. The first kappa shape index (κ1) is 13.2. The Morgan fingerprint density at radius 1 is 1.26 bits per heavy atom. The molecule has 0 fully saturated rings. The van der Waals surface area contributed by atoms with Crippen LogP contribution in [0, 0.1) is 0 Å². The number of ether oxygens (including phenoxy) is 1. The monoisotopic (exact) mass is 276 g/mol. The molecule has 4 nitrogen and oxygen atoms in total. The second-order valence-electron chi connectivity index (χ2n) is 3.93. The minimum absolute atomic E-state index is 0.239. The molecule has 0 saturated heterocycles. The fourth-order valence-corrected chi connectivity index (χ4v) is 1.82. The predicted molar refractivity (Wildman–Crippen MR) is 76.8 cm³/mol. The van der Waals surface area contributed by atoms with Crippen molar-refractivity contribution >= 4 is 28.9 Å². The number of carbonyl (C=O) groups excluding carboxylic acids is 1. The highest BCUT2D eigenvalue weighted by atomic mass is 35.5. The molecule has 1 amide bonds. The first-order valence-corrected chi connectivity index (χ1v) is 5.98. The lowest BCUT2D eigenvalue weighted by Crippen LogP contribution is -2.12. The maximum Gasteiger partial charge on any atom is 0.255 e. The van der Waals surface area contributed by atoms with Crippen molar-refractivity contribution in [3.8, 4) is 5.75 Å². The molecule has 19 heavy (non-hydrogen) atoms. The van der Waals surface area contributed by atoms with E-state index in [0.29, 0.717) is 27.7 Å². The lowest BCUT2D eigenvalue weighted by molar-refractivity contribution is 0.102. The summed E-state index contributed by atoms with van der Waals surface area (Å²) in [5.41, 5.74) is 7.28. The molecule has 0 aliphatic rings. The summed E-state index contributed by atoms with van der Waals surface area (Å²) in [5.74, 6) is 0.267. The number of nitrogens with one attached hydrogen (secondary N) is 1. The molecule has 0 radical (unpaired) electrons. The van der Waals surface area contributed by atoms with Crippen molar-refractivity contribution in [2.45, 2.75) is 0 Å². The zero-order valence-corrected chi connectivity index (χ0v) is 11.1. The second kappa shape index (κ2) is 5.63. The zero-order valence-electron chi connectivity index (χ0n) is 10.3. The van der Waals surface area contributed by atoms with Gasteiger partial charge in [-0.2, -0.15) is 0 Å². The molecule has 2 aromatic rings. The van der Waals surface area contributed by atoms with Gasteiger partial charge in [0.1, 0.15) is 5.75 Å². The molecule has 5 heteroatoms. The molecule has 0 aliphatic carbocycles. The summed E-state index contributed by atoms with van der Waals surface area (Å²) in [6.45, 7) is 0. The summed E-state index contributed by atoms with van der Waals surface area (Å²) in [6.07, 6.45) is 0. The van der Waals surface area contributed by atoms with E-state index in [-0.39, 0.29) is 5.91 Å². The van der Waals surface area contributed by atoms with Gasteiger partial charge in [0.2, 0.25) is 0 Å². The van der Waals surface area contributed by atoms with Crippen molar-refractivity contribution in [2.75, 3.05) is 18.2 Å². The molecule has 0 aliphatic heterocycles. The van der Waals surface area contributed by atoms with Gasteiger partial charge < -0.3 is 15.8 Å². The van der Waals surface area contributed by atoms with Crippen LogP contribution in [-0.2, 0) is 0 Å². The fraction of sp³-hybridized carbons (Fsp3) is 0.0714. The fourth-order valence-electron chi connectivity index (χ4n) is 1.62. The summed E-state index contributed by atoms with van der Waals surface area (Å²) < 4.78 is 5.09. The second-order valence-corrected chi connectivity index (χ2v) is 4.34. The zero-order chi connectivity index (χ0) is 13.8. The molecule has 0 bridgehead atoms. The number of rotatable bonds is 3. The molecule has 3 N–H and O–H groups in total. The van der Waals surface area contributed by atoms with Crippen molar-refractivity contribution < 1.29 is 9.53 Å². The van der Waals surface area contributed by atoms with E-state index in [1.54, 1.807) is 42.5 Å². The Labute approximate surface area is 116 Å². The molecule has 0 aromatic heterocycles. The van der Waals surface area contributed by atoms with Crippen LogP contribution in [0.3, 0.4) is 0 Å². The highest BCUT2D eigenvalue weighted by Crippen LogP contribution is 2.27. The van der Waals surface area contributed by atoms with Gasteiger partial charge in [-0.1, -0.05) is 17.7 Å². The lowest BCUT2D eigenvalue weighted by Gasteiger charge is -2.08. The Balaban J connectivity index is 2.19. The van der Waals surface area contributed by atoms with Gasteiger partial charge >= 0.3 is 0 Å². The maximum atomic E-state index is 12.0. The van der Waals surface area contributed by atoms with Crippen LogP contribution in [0.25, 0.3) is 0 Å². The van der Waals surface area contributed by atoms with E-state index in [4.69, 9.17) is 22.1 Å². The number of anilines is 2. The van der Waals surface area contributed by atoms with Crippen LogP contribution in [0.1, 0.15) is 10.4 Å². The number of hydrogen-bond acceptors (Lipinski definition) is 3. The Morgan fingerprint density at radius 2 is 2.05 bits per heavy atom. The summed E-state index contributed by atoms with van der Waals surface area (Å²) in [4.78, 5) is 12.0. The number of benzene rings is 2. The number of amides is 1. The number of carbonyl (C=O) groups is 1. The van der Waals surface area contributed by atoms with Gasteiger partial charge in [0.15, 0.2) is 0 Å². The summed E-state index contributed by atoms with van der Waals surface area (Å²) >= 11 is 5.92. The third-order valence-corrected chi connectivity index (χ3v) is 2.87. The van der Waals surface area contributed by atoms with Crippen LogP contribution in [0.2, 0.25) is 5.02 Å². The topological polar surface area (TPSA) is 64.3 Å². The molecule has 2 rings (SSSR count). The normalized spacial score (nSPS) is 10.0. The van der Waals surface area contributed by atoms with E-state index in [1.165, 1.54) is 7.11 Å². The van der Waals surface area contributed by atoms with Crippen molar-refractivity contribution in [1.82, 2.24) is 0 Å². The first-order chi connectivity index (χ1) is 9.10. The lowest BCUT2D eigenvalue weighted by atomic mass is 10.2. The molecule has 0 unspecified atom stereocenters. The minimum atomic E-state index is -0.239. The number of nitrogen functional groups attached to an aromatic ring is 1. The summed E-state index contributed by atoms with van der Waals surface area (Å²) in [5, 5.41) is 3.24. The number of hydrogen-bond donors (Lipinski definition) is 2. The van der Waals surface area contributed by atoms with Crippen LogP contribution in [0.4, 0.5) is 11.4 Å². The number of methoxy groups -OCH3 is 1. The van der Waals surface area contributed by atoms with E-state index < -0.39 is 0 Å². The first-order valence-electron chi connectivity index (χ1n) is 5.60. The smallest absolute Gasteiger partial charge is 0.255 e. The van der Waals surface area contributed by atoms with Crippen molar-refractivity contribution in [3.63, 3.8) is 0 Å². The minimum Gasteiger partial charge on any atom is -0.495 e. The highest BCUT2D eigenvalue weighted by Gasteiger charge is 2.08. The van der Waals surface area contributed by atoms with E-state index in [1.807, 2.05) is 0 Å². The van der Waals surface area contributed by atoms with Gasteiger partial charge in [-0.05, 0) is 30.3 Å². The average molecular weight is 277 g/mol. The van der Waals surface area contributed by atoms with Crippen molar-refractivity contribution in [2.24, 2.45) is 0 Å². The van der Waals surface area contributed by atoms with E-state index >= 15 is 0 Å². The van der Waals surface area contributed by atoms with Gasteiger partial charge in [0.25, 0.3) is 5.91 Å². The Bertz CT molecular complexity index is 614. The third kappa shape index (κ3) is 3.17. The molecule has 0 heterocycles. The highest BCUT2D eigenvalue weighted by molar-refractivity contribution is 6.32.